The van der Waals surface area contributed by atoms with Gasteiger partial charge in [0.05, 0.1) is 12.0 Å². The van der Waals surface area contributed by atoms with Gasteiger partial charge in [-0.25, -0.2) is 4.98 Å². The first-order chi connectivity index (χ1) is 7.68. The monoisotopic (exact) mass is 232 g/mol. The van der Waals surface area contributed by atoms with Gasteiger partial charge in [-0.1, -0.05) is 0 Å². The average molecular weight is 232 g/mol. The van der Waals surface area contributed by atoms with Gasteiger partial charge >= 0.3 is 0 Å². The molecular formula is C12H12N2OS. The zero-order valence-corrected chi connectivity index (χ0v) is 10.3. The van der Waals surface area contributed by atoms with E-state index in [9.17, 15) is 0 Å². The number of aryl methyl sites for hydroxylation is 3. The molecular weight excluding hydrogens is 220 g/mol. The molecule has 0 bridgehead atoms. The van der Waals surface area contributed by atoms with Gasteiger partial charge in [-0.05, 0) is 32.9 Å². The highest BCUT2D eigenvalue weighted by molar-refractivity contribution is 7.17. The second kappa shape index (κ2) is 3.22. The van der Waals surface area contributed by atoms with E-state index in [2.05, 4.69) is 30.2 Å². The quantitative estimate of drug-likeness (QED) is 0.642. The predicted molar refractivity (Wildman–Crippen MR) is 65.0 cm³/mol. The predicted octanol–water partition coefficient (Wildman–Crippen LogP) is 3.58. The Hall–Kier alpha value is -1.55. The van der Waals surface area contributed by atoms with E-state index in [0.717, 1.165) is 22.1 Å². The van der Waals surface area contributed by atoms with Crippen LogP contribution in [0.3, 0.4) is 0 Å². The molecule has 0 fully saturated rings. The second-order valence-corrected chi connectivity index (χ2v) is 5.07. The molecule has 0 aliphatic rings. The lowest BCUT2D eigenvalue weighted by Gasteiger charge is -1.97. The molecule has 0 aromatic carbocycles. The number of aromatic nitrogens is 2. The third-order valence-corrected chi connectivity index (χ3v) is 3.98. The van der Waals surface area contributed by atoms with Gasteiger partial charge < -0.3 is 4.42 Å². The Labute approximate surface area is 97.4 Å². The Kier molecular flexibility index (Phi) is 1.94. The van der Waals surface area contributed by atoms with Crippen molar-refractivity contribution >= 4 is 16.3 Å². The molecule has 0 saturated heterocycles. The summed E-state index contributed by atoms with van der Waals surface area (Å²) in [4.78, 5) is 6.98. The highest BCUT2D eigenvalue weighted by Gasteiger charge is 2.16. The minimum absolute atomic E-state index is 0.838. The van der Waals surface area contributed by atoms with Crippen LogP contribution in [-0.4, -0.2) is 9.38 Å². The molecule has 0 unspecified atom stereocenters. The normalized spacial score (nSPS) is 11.4. The van der Waals surface area contributed by atoms with Gasteiger partial charge in [-0.2, -0.15) is 0 Å². The van der Waals surface area contributed by atoms with Gasteiger partial charge in [0, 0.05) is 10.6 Å². The number of fused-ring (bicyclic) bond motifs is 1. The number of nitrogens with zero attached hydrogens (tertiary/aromatic N) is 2. The number of furan rings is 1. The van der Waals surface area contributed by atoms with Crippen LogP contribution in [-0.2, 0) is 0 Å². The Morgan fingerprint density at radius 2 is 2.06 bits per heavy atom. The van der Waals surface area contributed by atoms with E-state index in [-0.39, 0.29) is 0 Å². The van der Waals surface area contributed by atoms with Crippen molar-refractivity contribution in [2.75, 3.05) is 0 Å². The Morgan fingerprint density at radius 3 is 2.69 bits per heavy atom. The maximum absolute atomic E-state index is 5.40. The van der Waals surface area contributed by atoms with Crippen LogP contribution >= 0.6 is 11.3 Å². The van der Waals surface area contributed by atoms with Gasteiger partial charge in [-0.3, -0.25) is 4.40 Å². The summed E-state index contributed by atoms with van der Waals surface area (Å²) < 4.78 is 7.59. The van der Waals surface area contributed by atoms with E-state index in [1.165, 1.54) is 10.6 Å². The summed E-state index contributed by atoms with van der Waals surface area (Å²) in [7, 11) is 0. The van der Waals surface area contributed by atoms with Crippen molar-refractivity contribution in [1.82, 2.24) is 9.38 Å². The first-order valence-electron chi connectivity index (χ1n) is 5.17. The highest BCUT2D eigenvalue weighted by Crippen LogP contribution is 2.30. The lowest BCUT2D eigenvalue weighted by Crippen LogP contribution is -1.89. The molecule has 0 aliphatic carbocycles. The summed E-state index contributed by atoms with van der Waals surface area (Å²) in [6.45, 7) is 6.33. The second-order valence-electron chi connectivity index (χ2n) is 3.88. The minimum Gasteiger partial charge on any atom is -0.463 e. The largest absolute Gasteiger partial charge is 0.463 e. The van der Waals surface area contributed by atoms with Crippen LogP contribution in [0.1, 0.15) is 16.3 Å². The van der Waals surface area contributed by atoms with E-state index in [1.54, 1.807) is 17.6 Å². The smallest absolute Gasteiger partial charge is 0.195 e. The molecule has 3 aromatic heterocycles. The standard InChI is InChI=1S/C12H12N2OS/c1-7-9(3)16-12-13-11(8(2)14(7)12)10-5-4-6-15-10/h4-6H,1-3H3. The SMILES string of the molecule is Cc1sc2nc(-c3ccco3)c(C)n2c1C. The van der Waals surface area contributed by atoms with Crippen LogP contribution in [0.5, 0.6) is 0 Å². The van der Waals surface area contributed by atoms with Crippen LogP contribution in [0, 0.1) is 20.8 Å². The molecule has 3 nitrogen and oxygen atoms in total. The van der Waals surface area contributed by atoms with Crippen LogP contribution in [0.4, 0.5) is 0 Å². The van der Waals surface area contributed by atoms with Crippen LogP contribution in [0.25, 0.3) is 16.4 Å². The van der Waals surface area contributed by atoms with Crippen molar-refractivity contribution in [2.45, 2.75) is 20.8 Å². The van der Waals surface area contributed by atoms with E-state index >= 15 is 0 Å². The fourth-order valence-electron chi connectivity index (χ4n) is 1.95. The van der Waals surface area contributed by atoms with Gasteiger partial charge in [0.15, 0.2) is 10.7 Å². The zero-order chi connectivity index (χ0) is 11.3. The molecule has 3 heterocycles. The highest BCUT2D eigenvalue weighted by atomic mass is 32.1. The average Bonchev–Trinajstić information content (AvgIpc) is 2.90. The molecule has 3 rings (SSSR count). The molecule has 0 spiro atoms. The van der Waals surface area contributed by atoms with Gasteiger partial charge in [0.1, 0.15) is 5.69 Å². The number of hydrogen-bond acceptors (Lipinski definition) is 3. The molecule has 82 valence electrons. The first kappa shape index (κ1) is 9.66. The molecule has 0 saturated carbocycles. The van der Waals surface area contributed by atoms with Crippen LogP contribution < -0.4 is 0 Å². The summed E-state index contributed by atoms with van der Waals surface area (Å²) in [6.07, 6.45) is 1.68. The summed E-state index contributed by atoms with van der Waals surface area (Å²) in [5.74, 6) is 0.838. The zero-order valence-electron chi connectivity index (χ0n) is 9.44. The topological polar surface area (TPSA) is 30.4 Å². The van der Waals surface area contributed by atoms with Crippen molar-refractivity contribution in [3.63, 3.8) is 0 Å². The third-order valence-electron chi connectivity index (χ3n) is 2.92. The first-order valence-corrected chi connectivity index (χ1v) is 5.99. The lowest BCUT2D eigenvalue weighted by molar-refractivity contribution is 0.580. The number of thiazole rings is 1. The van der Waals surface area contributed by atoms with Crippen molar-refractivity contribution in [1.29, 1.82) is 0 Å². The molecule has 0 amide bonds. The van der Waals surface area contributed by atoms with E-state index < -0.39 is 0 Å². The fourth-order valence-corrected chi connectivity index (χ4v) is 2.97. The van der Waals surface area contributed by atoms with Crippen LogP contribution in [0.2, 0.25) is 0 Å². The molecule has 3 aromatic rings. The Bertz CT molecular complexity index is 646. The number of imidazole rings is 1. The summed E-state index contributed by atoms with van der Waals surface area (Å²) in [6, 6.07) is 3.84. The van der Waals surface area contributed by atoms with Crippen molar-refractivity contribution in [3.8, 4) is 11.5 Å². The molecule has 0 N–H and O–H groups in total. The minimum atomic E-state index is 0.838. The fraction of sp³-hybridized carbons (Fsp3) is 0.250. The van der Waals surface area contributed by atoms with Crippen LogP contribution in [0.15, 0.2) is 22.8 Å². The Balaban J connectivity index is 2.33. The van der Waals surface area contributed by atoms with Gasteiger partial charge in [0.25, 0.3) is 0 Å². The number of hydrogen-bond donors (Lipinski definition) is 0. The van der Waals surface area contributed by atoms with Gasteiger partial charge in [0.2, 0.25) is 0 Å². The van der Waals surface area contributed by atoms with Crippen molar-refractivity contribution in [3.05, 3.63) is 34.7 Å². The molecule has 16 heavy (non-hydrogen) atoms. The Morgan fingerprint density at radius 1 is 1.25 bits per heavy atom. The van der Waals surface area contributed by atoms with Gasteiger partial charge in [-0.15, -0.1) is 11.3 Å². The summed E-state index contributed by atoms with van der Waals surface area (Å²) in [5.41, 5.74) is 3.36. The number of rotatable bonds is 1. The molecule has 4 heteroatoms. The molecule has 0 radical (unpaired) electrons. The lowest BCUT2D eigenvalue weighted by atomic mass is 10.3. The van der Waals surface area contributed by atoms with Crippen molar-refractivity contribution in [2.24, 2.45) is 0 Å². The summed E-state index contributed by atoms with van der Waals surface area (Å²) in [5, 5.41) is 0. The molecule has 0 atom stereocenters. The maximum atomic E-state index is 5.40. The van der Waals surface area contributed by atoms with E-state index in [0.29, 0.717) is 0 Å². The maximum Gasteiger partial charge on any atom is 0.195 e. The van der Waals surface area contributed by atoms with E-state index in [4.69, 9.17) is 4.42 Å². The summed E-state index contributed by atoms with van der Waals surface area (Å²) >= 11 is 1.72. The van der Waals surface area contributed by atoms with Crippen molar-refractivity contribution < 1.29 is 4.42 Å². The van der Waals surface area contributed by atoms with E-state index in [1.807, 2.05) is 12.1 Å². The third kappa shape index (κ3) is 1.16. The molecule has 0 aliphatic heterocycles.